The van der Waals surface area contributed by atoms with Crippen LogP contribution >= 0.6 is 0 Å². The molecule has 1 amide bonds. The number of carbonyl (C=O) groups is 2. The Morgan fingerprint density at radius 2 is 1.32 bits per heavy atom. The molecule has 1 aromatic rings. The molecule has 40 heavy (non-hydrogen) atoms. The predicted molar refractivity (Wildman–Crippen MR) is 154 cm³/mol. The van der Waals surface area contributed by atoms with Gasteiger partial charge in [-0.1, -0.05) is 65.5 Å². The highest BCUT2D eigenvalue weighted by Crippen LogP contribution is 2.22. The van der Waals surface area contributed by atoms with E-state index in [0.717, 1.165) is 12.1 Å². The number of hydrogen-bond donors (Lipinski definition) is 2. The van der Waals surface area contributed by atoms with Crippen LogP contribution in [0.4, 0.5) is 5.69 Å². The van der Waals surface area contributed by atoms with Gasteiger partial charge in [0, 0.05) is 37.0 Å². The summed E-state index contributed by atoms with van der Waals surface area (Å²) in [6.45, 7) is 14.6. The third kappa shape index (κ3) is 16.5. The molecule has 0 spiro atoms. The largest absolute Gasteiger partial charge is 0.549 e. The highest BCUT2D eigenvalue weighted by molar-refractivity contribution is 7.85. The molecule has 0 fully saturated rings. The lowest BCUT2D eigenvalue weighted by Crippen LogP contribution is -2.50. The number of nitro groups is 1. The molecule has 0 aliphatic heterocycles. The number of quaternary nitrogens is 1. The highest BCUT2D eigenvalue weighted by Gasteiger charge is 2.24. The molecule has 11 nitrogen and oxygen atoms in total. The molecule has 0 aromatic heterocycles. The van der Waals surface area contributed by atoms with E-state index in [4.69, 9.17) is 4.55 Å². The highest BCUT2D eigenvalue weighted by atomic mass is 32.2. The van der Waals surface area contributed by atoms with Gasteiger partial charge in [-0.05, 0) is 31.2 Å². The quantitative estimate of drug-likeness (QED) is 0.100. The summed E-state index contributed by atoms with van der Waals surface area (Å²) in [4.78, 5) is 32.6. The van der Waals surface area contributed by atoms with Gasteiger partial charge in [-0.25, -0.2) is 0 Å². The van der Waals surface area contributed by atoms with Gasteiger partial charge in [0.15, 0.2) is 0 Å². The van der Waals surface area contributed by atoms with Crippen LogP contribution in [0.5, 0.6) is 0 Å². The molecule has 0 aliphatic rings. The van der Waals surface area contributed by atoms with Crippen LogP contribution in [0.1, 0.15) is 97.0 Å². The summed E-state index contributed by atoms with van der Waals surface area (Å²) in [6.07, 6.45) is 10.5. The van der Waals surface area contributed by atoms with Crippen molar-refractivity contribution in [3.63, 3.8) is 0 Å². The number of rotatable bonds is 20. The number of carboxylic acids is 1. The molecule has 0 heterocycles. The Hall–Kier alpha value is -2.57. The van der Waals surface area contributed by atoms with Crippen LogP contribution in [0, 0.1) is 10.1 Å². The molecule has 230 valence electrons. The fraction of sp³-hybridized carbons (Fsp3) is 0.714. The number of nitrogens with zero attached hydrogens (tertiary/aromatic N) is 2. The van der Waals surface area contributed by atoms with Gasteiger partial charge in [0.25, 0.3) is 15.8 Å². The predicted octanol–water partition coefficient (Wildman–Crippen LogP) is 3.83. The maximum Gasteiger partial charge on any atom is 0.269 e. The van der Waals surface area contributed by atoms with Crippen LogP contribution in [0.15, 0.2) is 24.3 Å². The van der Waals surface area contributed by atoms with Crippen molar-refractivity contribution in [2.75, 3.05) is 38.5 Å². The number of hydrogen-bond acceptors (Lipinski definition) is 7. The topological polar surface area (TPSA) is 167 Å². The van der Waals surface area contributed by atoms with Crippen LogP contribution in [0.25, 0.3) is 0 Å². The number of carbonyl (C=O) groups excluding carboxylic acids is 2. The molecule has 0 saturated heterocycles. The second kappa shape index (κ2) is 20.3. The Bertz CT molecular complexity index is 946. The number of nitro benzene ring substituents is 1. The van der Waals surface area contributed by atoms with E-state index in [1.807, 2.05) is 0 Å². The molecule has 1 aromatic carbocycles. The Morgan fingerprint density at radius 3 is 1.65 bits per heavy atom. The third-order valence-corrected chi connectivity index (χ3v) is 7.53. The minimum absolute atomic E-state index is 0.139. The third-order valence-electron chi connectivity index (χ3n) is 6.81. The van der Waals surface area contributed by atoms with Gasteiger partial charge >= 0.3 is 0 Å². The molecule has 2 N–H and O–H groups in total. The average molecular weight is 588 g/mol. The molecule has 1 atom stereocenters. The summed E-state index contributed by atoms with van der Waals surface area (Å²) < 4.78 is 30.9. The molecule has 12 heteroatoms. The van der Waals surface area contributed by atoms with Crippen LogP contribution in [0.3, 0.4) is 0 Å². The van der Waals surface area contributed by atoms with E-state index in [-0.39, 0.29) is 17.8 Å². The number of nitrogens with one attached hydrogen (secondary N) is 1. The number of aliphatic carboxylic acids is 1. The smallest absolute Gasteiger partial charge is 0.269 e. The summed E-state index contributed by atoms with van der Waals surface area (Å²) in [5.74, 6) is -4.36. The fourth-order valence-corrected chi connectivity index (χ4v) is 4.75. The zero-order valence-electron chi connectivity index (χ0n) is 24.6. The van der Waals surface area contributed by atoms with E-state index in [1.165, 1.54) is 94.2 Å². The molecular formula is C28H49N3O8S. The van der Waals surface area contributed by atoms with Crippen molar-refractivity contribution in [2.45, 2.75) is 91.4 Å². The normalized spacial score (nSPS) is 12.2. The monoisotopic (exact) mass is 587 g/mol. The van der Waals surface area contributed by atoms with Gasteiger partial charge in [0.1, 0.15) is 0 Å². The Morgan fingerprint density at radius 1 is 0.900 bits per heavy atom. The van der Waals surface area contributed by atoms with Gasteiger partial charge in [0.2, 0.25) is 5.91 Å². The molecule has 0 bridgehead atoms. The standard InChI is InChI=1S/C16H36N.C12H14N2O8S/c1-5-9-13-17(14-10-6-2,15-11-7-3)16-12-8-4;15-11(13-5-6-23(20,21)22)7-10(12(16)17)8-1-3-9(4-2-8)14(18)19/h5-16H2,1-4H3;1-4,10H,5-7H2,(H,13,15)(H,16,17)(H,20,21,22)/q+1;/p-1. The first-order chi connectivity index (χ1) is 18.8. The number of carboxylic acid groups (broad SMARTS) is 1. The Kier molecular flexibility index (Phi) is 19.0. The number of unbranched alkanes of at least 4 members (excludes halogenated alkanes) is 4. The number of non-ortho nitro benzene ring substituents is 1. The van der Waals surface area contributed by atoms with Gasteiger partial charge < -0.3 is 19.7 Å². The zero-order chi connectivity index (χ0) is 30.6. The Balaban J connectivity index is 0.000000799. The SMILES string of the molecule is CCCC[N+](CCCC)(CCCC)CCCC.O=C(CC(C(=O)[O-])c1ccc([N+](=O)[O-])cc1)NCCS(=O)(=O)O. The first-order valence-electron chi connectivity index (χ1n) is 14.4. The average Bonchev–Trinajstić information content (AvgIpc) is 2.90. The Labute approximate surface area is 239 Å². The van der Waals surface area contributed by atoms with Crippen LogP contribution in [-0.2, 0) is 19.7 Å². The minimum atomic E-state index is -4.24. The lowest BCUT2D eigenvalue weighted by Gasteiger charge is -2.39. The van der Waals surface area contributed by atoms with Crippen molar-refractivity contribution in [1.29, 1.82) is 0 Å². The van der Waals surface area contributed by atoms with Gasteiger partial charge in [-0.2, -0.15) is 8.42 Å². The maximum absolute atomic E-state index is 11.6. The maximum atomic E-state index is 11.6. The zero-order valence-corrected chi connectivity index (χ0v) is 25.4. The lowest BCUT2D eigenvalue weighted by molar-refractivity contribution is -0.929. The van der Waals surface area contributed by atoms with Crippen molar-refractivity contribution in [2.24, 2.45) is 0 Å². The minimum Gasteiger partial charge on any atom is -0.549 e. The van der Waals surface area contributed by atoms with Crippen molar-refractivity contribution in [3.05, 3.63) is 39.9 Å². The summed E-state index contributed by atoms with van der Waals surface area (Å²) >= 11 is 0. The van der Waals surface area contributed by atoms with Crippen LogP contribution in [-0.4, -0.2) is 72.7 Å². The molecule has 0 saturated carbocycles. The molecular weight excluding hydrogens is 538 g/mol. The molecule has 1 rings (SSSR count). The van der Waals surface area contributed by atoms with E-state index in [2.05, 4.69) is 33.0 Å². The van der Waals surface area contributed by atoms with Crippen molar-refractivity contribution in [3.8, 4) is 0 Å². The lowest BCUT2D eigenvalue weighted by atomic mass is 9.95. The van der Waals surface area contributed by atoms with E-state index in [1.54, 1.807) is 0 Å². The fourth-order valence-electron chi connectivity index (χ4n) is 4.39. The van der Waals surface area contributed by atoms with Crippen molar-refractivity contribution < 1.29 is 37.1 Å². The molecule has 0 aliphatic carbocycles. The summed E-state index contributed by atoms with van der Waals surface area (Å²) in [5.41, 5.74) is -0.0935. The first kappa shape index (κ1) is 37.4. The first-order valence-corrected chi connectivity index (χ1v) is 16.0. The summed E-state index contributed by atoms with van der Waals surface area (Å²) in [7, 11) is -4.24. The number of benzene rings is 1. The van der Waals surface area contributed by atoms with Gasteiger partial charge in [-0.3, -0.25) is 19.5 Å². The molecule has 0 radical (unpaired) electrons. The van der Waals surface area contributed by atoms with Crippen molar-refractivity contribution in [1.82, 2.24) is 5.32 Å². The number of amides is 1. The summed E-state index contributed by atoms with van der Waals surface area (Å²) in [5, 5.41) is 23.8. The molecule has 1 unspecified atom stereocenters. The van der Waals surface area contributed by atoms with Crippen molar-refractivity contribution >= 4 is 27.7 Å². The van der Waals surface area contributed by atoms with E-state index in [9.17, 15) is 33.2 Å². The summed E-state index contributed by atoms with van der Waals surface area (Å²) in [6, 6.07) is 4.59. The van der Waals surface area contributed by atoms with E-state index >= 15 is 0 Å². The second-order valence-corrected chi connectivity index (χ2v) is 11.8. The second-order valence-electron chi connectivity index (χ2n) is 10.2. The van der Waals surface area contributed by atoms with E-state index in [0.29, 0.717) is 0 Å². The van der Waals surface area contributed by atoms with E-state index < -0.39 is 45.0 Å². The van der Waals surface area contributed by atoms with Gasteiger partial charge in [-0.15, -0.1) is 0 Å². The van der Waals surface area contributed by atoms with Crippen LogP contribution < -0.4 is 10.4 Å². The van der Waals surface area contributed by atoms with Gasteiger partial charge in [0.05, 0.1) is 36.9 Å². The van der Waals surface area contributed by atoms with Crippen LogP contribution in [0.2, 0.25) is 0 Å².